The second kappa shape index (κ2) is 18.0. The number of likely N-dealkylation sites (tertiary alicyclic amines) is 1. The van der Waals surface area contributed by atoms with Gasteiger partial charge < -0.3 is 44.9 Å². The molecule has 3 aromatic rings. The summed E-state index contributed by atoms with van der Waals surface area (Å²) in [6, 6.07) is 3.24. The van der Waals surface area contributed by atoms with Crippen molar-refractivity contribution in [2.24, 2.45) is 17.3 Å². The average Bonchev–Trinajstić information content (AvgIpc) is 3.91. The molecule has 3 aliphatic carbocycles. The molecule has 4 N–H and O–H groups in total. The summed E-state index contributed by atoms with van der Waals surface area (Å²) < 4.78 is 24.6. The molecule has 5 fully saturated rings. The second-order valence-electron chi connectivity index (χ2n) is 20.0. The predicted octanol–water partition coefficient (Wildman–Crippen LogP) is 6.66. The molecule has 2 aliphatic heterocycles. The van der Waals surface area contributed by atoms with Crippen molar-refractivity contribution in [1.82, 2.24) is 30.4 Å². The van der Waals surface area contributed by atoms with E-state index in [0.29, 0.717) is 82.7 Å². The second-order valence-corrected chi connectivity index (χ2v) is 21.3. The van der Waals surface area contributed by atoms with Gasteiger partial charge >= 0.3 is 12.1 Å². The van der Waals surface area contributed by atoms with Gasteiger partial charge in [0.2, 0.25) is 11.8 Å². The normalized spacial score (nSPS) is 26.3. The first-order valence-corrected chi connectivity index (χ1v) is 23.7. The van der Waals surface area contributed by atoms with Crippen LogP contribution >= 0.6 is 22.9 Å². The Morgan fingerprint density at radius 3 is 2.49 bits per heavy atom. The SMILES string of the molecule is C=C=C1C[C@]1(NC(=O)[C@@H]1CC(Oc2cc(-c3csc(NC(C)C)n3)nc3c(Cl)c(OCCN4CCOCC4(C)C)ccc23)CN1C(=O)[C@@H](NC(=O)OC1C[C@@H]2C[C@@H]2C1)C(C)(C)C)C(=O)O. The number of hydrogen-bond donors (Lipinski definition) is 4. The first-order chi connectivity index (χ1) is 30.8. The molecule has 1 aromatic carbocycles. The summed E-state index contributed by atoms with van der Waals surface area (Å²) >= 11 is 8.59. The van der Waals surface area contributed by atoms with E-state index in [1.165, 1.54) is 16.2 Å². The fraction of sp³-hybridized carbons (Fsp3) is 0.596. The number of amides is 3. The quantitative estimate of drug-likeness (QED) is 0.118. The van der Waals surface area contributed by atoms with E-state index in [-0.39, 0.29) is 42.1 Å². The molecule has 4 heterocycles. The molecular formula is C47H60ClN7O9S. The van der Waals surface area contributed by atoms with E-state index >= 15 is 0 Å². The summed E-state index contributed by atoms with van der Waals surface area (Å²) in [7, 11) is 0. The standard InChI is InChI=1S/C47H60ClN7O9S/c1-9-28-21-47(28,42(58)59)53-40(56)34-19-30(22-55(34)41(57)39(45(4,5)6)52-44(60)64-29-17-26-16-27(26)18-29)63-36-20-32(33-23-65-43(51-33)49-25(2)3)50-38-31(36)10-11-35(37(38)48)62-15-13-54-12-14-61-24-46(54,7)8/h10-11,20,23,25-27,29-30,34,39H,1,12-19,21-22,24H2,2-8H3,(H,49,51)(H,52,60)(H,53,56)(H,58,59)/t26-,27+,29?,30?,34-,39+,47+/m0/s1. The first-order valence-electron chi connectivity index (χ1n) is 22.5. The Bertz CT molecular complexity index is 2400. The number of aromatic nitrogens is 2. The third kappa shape index (κ3) is 9.95. The molecule has 18 heteroatoms. The van der Waals surface area contributed by atoms with E-state index in [2.05, 4.69) is 47.0 Å². The van der Waals surface area contributed by atoms with Crippen molar-refractivity contribution in [3.05, 3.63) is 46.5 Å². The minimum atomic E-state index is -1.68. The van der Waals surface area contributed by atoms with Crippen LogP contribution in [0.15, 0.2) is 41.5 Å². The fourth-order valence-electron chi connectivity index (χ4n) is 9.36. The number of alkyl carbamates (subject to hydrolysis) is 1. The molecule has 0 bridgehead atoms. The monoisotopic (exact) mass is 933 g/mol. The van der Waals surface area contributed by atoms with Gasteiger partial charge in [0.1, 0.15) is 53.1 Å². The van der Waals surface area contributed by atoms with Gasteiger partial charge in [0.15, 0.2) is 10.7 Å². The van der Waals surface area contributed by atoms with Crippen molar-refractivity contribution in [2.45, 2.75) is 122 Å². The lowest BCUT2D eigenvalue weighted by Crippen LogP contribution is -2.59. The maximum atomic E-state index is 14.8. The number of carboxylic acids is 1. The van der Waals surface area contributed by atoms with Crippen LogP contribution in [0.25, 0.3) is 22.3 Å². The number of nitrogens with one attached hydrogen (secondary N) is 3. The van der Waals surface area contributed by atoms with Crippen molar-refractivity contribution >= 4 is 62.8 Å². The lowest BCUT2D eigenvalue weighted by atomic mass is 9.85. The maximum absolute atomic E-state index is 14.8. The Morgan fingerprint density at radius 1 is 1.08 bits per heavy atom. The van der Waals surface area contributed by atoms with Crippen LogP contribution in [-0.4, -0.2) is 130 Å². The molecule has 3 amide bonds. The number of aliphatic carboxylic acids is 1. The summed E-state index contributed by atoms with van der Waals surface area (Å²) in [6.07, 6.45) is 1.12. The highest BCUT2D eigenvalue weighted by Gasteiger charge is 2.59. The van der Waals surface area contributed by atoms with E-state index in [1.807, 2.05) is 46.1 Å². The molecule has 5 aliphatic rings. The number of carbonyl (C=O) groups is 4. The molecule has 7 atom stereocenters. The van der Waals surface area contributed by atoms with Gasteiger partial charge in [-0.25, -0.2) is 19.6 Å². The van der Waals surface area contributed by atoms with Gasteiger partial charge in [-0.2, -0.15) is 0 Å². The van der Waals surface area contributed by atoms with Gasteiger partial charge in [0.05, 0.1) is 31.0 Å². The minimum absolute atomic E-state index is 0.00229. The van der Waals surface area contributed by atoms with Crippen LogP contribution in [0.5, 0.6) is 11.5 Å². The summed E-state index contributed by atoms with van der Waals surface area (Å²) in [5, 5.41) is 22.5. The lowest BCUT2D eigenvalue weighted by Gasteiger charge is -2.41. The molecular weight excluding hydrogens is 874 g/mol. The molecule has 65 heavy (non-hydrogen) atoms. The van der Waals surface area contributed by atoms with Crippen LogP contribution in [0.1, 0.15) is 80.6 Å². The first kappa shape index (κ1) is 46.6. The van der Waals surface area contributed by atoms with Crippen molar-refractivity contribution in [3.63, 3.8) is 0 Å². The van der Waals surface area contributed by atoms with Gasteiger partial charge in [-0.05, 0) is 76.3 Å². The van der Waals surface area contributed by atoms with Gasteiger partial charge in [-0.1, -0.05) is 39.0 Å². The van der Waals surface area contributed by atoms with Crippen LogP contribution in [0.2, 0.25) is 5.02 Å². The van der Waals surface area contributed by atoms with E-state index in [1.54, 1.807) is 12.1 Å². The van der Waals surface area contributed by atoms with Crippen molar-refractivity contribution in [2.75, 3.05) is 44.8 Å². The number of carboxylic acid groups (broad SMARTS) is 1. The fourth-order valence-corrected chi connectivity index (χ4v) is 10.5. The Balaban J connectivity index is 1.10. The van der Waals surface area contributed by atoms with Crippen molar-refractivity contribution < 1.29 is 43.2 Å². The molecule has 350 valence electrons. The van der Waals surface area contributed by atoms with E-state index in [4.69, 9.17) is 40.5 Å². The Morgan fingerprint density at radius 2 is 1.83 bits per heavy atom. The van der Waals surface area contributed by atoms with E-state index < -0.39 is 53.0 Å². The number of thiazole rings is 1. The van der Waals surface area contributed by atoms with Crippen LogP contribution < -0.4 is 25.4 Å². The van der Waals surface area contributed by atoms with Gasteiger partial charge in [0.25, 0.3) is 0 Å². The number of fused-ring (bicyclic) bond motifs is 2. The molecule has 3 saturated carbocycles. The Kier molecular flexibility index (Phi) is 12.9. The average molecular weight is 935 g/mol. The van der Waals surface area contributed by atoms with Crippen LogP contribution in [0.4, 0.5) is 9.93 Å². The molecule has 0 spiro atoms. The number of pyridine rings is 1. The minimum Gasteiger partial charge on any atom is -0.491 e. The zero-order chi connectivity index (χ0) is 46.6. The predicted molar refractivity (Wildman–Crippen MR) is 246 cm³/mol. The zero-order valence-electron chi connectivity index (χ0n) is 38.1. The molecule has 8 rings (SSSR count). The highest BCUT2D eigenvalue weighted by atomic mass is 35.5. The van der Waals surface area contributed by atoms with Crippen LogP contribution in [0, 0.1) is 17.3 Å². The third-order valence-corrected chi connectivity index (χ3v) is 14.3. The topological polar surface area (TPSA) is 194 Å². The molecule has 0 radical (unpaired) electrons. The third-order valence-electron chi connectivity index (χ3n) is 13.2. The van der Waals surface area contributed by atoms with Crippen LogP contribution in [-0.2, 0) is 23.9 Å². The summed E-state index contributed by atoms with van der Waals surface area (Å²) in [5.74, 6) is -0.474. The number of halogens is 1. The number of anilines is 1. The Hall–Kier alpha value is -4.93. The maximum Gasteiger partial charge on any atom is 0.408 e. The van der Waals surface area contributed by atoms with Gasteiger partial charge in [-0.3, -0.25) is 14.5 Å². The summed E-state index contributed by atoms with van der Waals surface area (Å²) in [4.78, 5) is 68.5. The number of hydrogen-bond acceptors (Lipinski definition) is 13. The summed E-state index contributed by atoms with van der Waals surface area (Å²) in [5.41, 5.74) is 1.79. The molecule has 2 unspecified atom stereocenters. The number of benzene rings is 1. The molecule has 2 saturated heterocycles. The number of nitrogens with zero attached hydrogens (tertiary/aromatic N) is 4. The van der Waals surface area contributed by atoms with E-state index in [0.717, 1.165) is 25.8 Å². The number of rotatable bonds is 15. The van der Waals surface area contributed by atoms with Crippen molar-refractivity contribution in [1.29, 1.82) is 0 Å². The summed E-state index contributed by atoms with van der Waals surface area (Å²) in [6.45, 7) is 20.4. The molecule has 16 nitrogen and oxygen atoms in total. The van der Waals surface area contributed by atoms with Gasteiger partial charge in [0, 0.05) is 59.9 Å². The highest BCUT2D eigenvalue weighted by Crippen LogP contribution is 2.52. The van der Waals surface area contributed by atoms with Crippen molar-refractivity contribution in [3.8, 4) is 22.9 Å². The Labute approximate surface area is 388 Å². The largest absolute Gasteiger partial charge is 0.491 e. The number of morpholine rings is 1. The van der Waals surface area contributed by atoms with E-state index in [9.17, 15) is 24.3 Å². The lowest BCUT2D eigenvalue weighted by molar-refractivity contribution is -0.145. The molecule has 2 aromatic heterocycles. The van der Waals surface area contributed by atoms with Crippen LogP contribution in [0.3, 0.4) is 0 Å². The zero-order valence-corrected chi connectivity index (χ0v) is 39.7. The number of ether oxygens (including phenoxy) is 4. The smallest absolute Gasteiger partial charge is 0.408 e. The number of carbonyl (C=O) groups excluding carboxylic acids is 3. The van der Waals surface area contributed by atoms with Gasteiger partial charge in [-0.15, -0.1) is 17.1 Å². The highest BCUT2D eigenvalue weighted by molar-refractivity contribution is 7.14.